The normalized spacial score (nSPS) is 18.8. The van der Waals surface area contributed by atoms with Gasteiger partial charge in [0.15, 0.2) is 5.78 Å². The van der Waals surface area contributed by atoms with E-state index >= 15 is 0 Å². The average molecular weight is 178 g/mol. The number of carbonyl (C=O) groups excluding carboxylic acids is 1. The lowest BCUT2D eigenvalue weighted by molar-refractivity contribution is 0.0982. The Balaban J connectivity index is 2.26. The molecule has 62 valence electrons. The first-order valence-corrected chi connectivity index (χ1v) is 4.49. The summed E-state index contributed by atoms with van der Waals surface area (Å²) in [5, 5.41) is 0. The van der Waals surface area contributed by atoms with Crippen molar-refractivity contribution in [2.45, 2.75) is 17.6 Å². The average Bonchev–Trinajstić information content (AvgIpc) is 2.85. The van der Waals surface area contributed by atoms with E-state index in [1.165, 1.54) is 0 Å². The van der Waals surface area contributed by atoms with Crippen molar-refractivity contribution in [3.63, 3.8) is 0 Å². The first kappa shape index (κ1) is 7.87. The van der Waals surface area contributed by atoms with E-state index in [0.717, 1.165) is 18.4 Å². The summed E-state index contributed by atoms with van der Waals surface area (Å²) < 4.78 is -0.332. The van der Waals surface area contributed by atoms with Gasteiger partial charge in [-0.1, -0.05) is 30.3 Å². The molecule has 0 spiro atoms. The lowest BCUT2D eigenvalue weighted by Gasteiger charge is -2.04. The Bertz CT molecular complexity index is 301. The summed E-state index contributed by atoms with van der Waals surface area (Å²) in [5.74, 6) is 0.173. The molecule has 1 aliphatic carbocycles. The highest BCUT2D eigenvalue weighted by atomic mass is 32.1. The second-order valence-corrected chi connectivity index (χ2v) is 4.08. The lowest BCUT2D eigenvalue weighted by Crippen LogP contribution is -2.15. The Morgan fingerprint density at radius 2 is 1.83 bits per heavy atom. The molecule has 12 heavy (non-hydrogen) atoms. The SMILES string of the molecule is O=C(c1ccccc1)C1(S)CC1. The second kappa shape index (κ2) is 2.63. The Labute approximate surface area is 77.2 Å². The van der Waals surface area contributed by atoms with E-state index in [-0.39, 0.29) is 10.5 Å². The minimum Gasteiger partial charge on any atom is -0.293 e. The largest absolute Gasteiger partial charge is 0.293 e. The molecular formula is C10H10OS. The number of ketones is 1. The lowest BCUT2D eigenvalue weighted by atomic mass is 10.1. The van der Waals surface area contributed by atoms with Gasteiger partial charge in [0, 0.05) is 5.56 Å². The topological polar surface area (TPSA) is 17.1 Å². The Kier molecular flexibility index (Phi) is 1.72. The molecule has 0 saturated heterocycles. The van der Waals surface area contributed by atoms with Crippen LogP contribution < -0.4 is 0 Å². The highest BCUT2D eigenvalue weighted by Crippen LogP contribution is 2.44. The van der Waals surface area contributed by atoms with Crippen LogP contribution in [-0.4, -0.2) is 10.5 Å². The fourth-order valence-corrected chi connectivity index (χ4v) is 1.44. The van der Waals surface area contributed by atoms with Crippen LogP contribution in [0.1, 0.15) is 23.2 Å². The van der Waals surface area contributed by atoms with Gasteiger partial charge in [0.25, 0.3) is 0 Å². The van der Waals surface area contributed by atoms with Gasteiger partial charge in [-0.05, 0) is 12.8 Å². The molecule has 0 unspecified atom stereocenters. The van der Waals surface area contributed by atoms with Gasteiger partial charge in [-0.25, -0.2) is 0 Å². The highest BCUT2D eigenvalue weighted by Gasteiger charge is 2.46. The van der Waals surface area contributed by atoms with Crippen LogP contribution in [0.25, 0.3) is 0 Å². The Morgan fingerprint density at radius 1 is 1.25 bits per heavy atom. The third-order valence-corrected chi connectivity index (χ3v) is 2.83. The van der Waals surface area contributed by atoms with Crippen LogP contribution in [0, 0.1) is 0 Å². The minimum absolute atomic E-state index is 0.173. The maximum atomic E-state index is 11.7. The van der Waals surface area contributed by atoms with Crippen molar-refractivity contribution in [3.8, 4) is 0 Å². The predicted octanol–water partition coefficient (Wildman–Crippen LogP) is 2.33. The van der Waals surface area contributed by atoms with Gasteiger partial charge in [-0.15, -0.1) is 0 Å². The number of thiol groups is 1. The van der Waals surface area contributed by atoms with Crippen molar-refractivity contribution in [3.05, 3.63) is 35.9 Å². The molecule has 1 aromatic rings. The molecule has 1 saturated carbocycles. The summed E-state index contributed by atoms with van der Waals surface area (Å²) in [6.07, 6.45) is 1.84. The van der Waals surface area contributed by atoms with Crippen molar-refractivity contribution < 1.29 is 4.79 Å². The van der Waals surface area contributed by atoms with Crippen LogP contribution in [0.4, 0.5) is 0 Å². The molecule has 0 amide bonds. The van der Waals surface area contributed by atoms with Gasteiger partial charge in [-0.2, -0.15) is 12.6 Å². The van der Waals surface area contributed by atoms with Crippen LogP contribution in [0.15, 0.2) is 30.3 Å². The van der Waals surface area contributed by atoms with Crippen molar-refractivity contribution in [2.75, 3.05) is 0 Å². The summed E-state index contributed by atoms with van der Waals surface area (Å²) >= 11 is 4.32. The molecule has 0 heterocycles. The summed E-state index contributed by atoms with van der Waals surface area (Å²) in [6, 6.07) is 9.37. The zero-order valence-corrected chi connectivity index (χ0v) is 7.55. The van der Waals surface area contributed by atoms with Crippen LogP contribution in [-0.2, 0) is 0 Å². The molecule has 1 aliphatic rings. The maximum Gasteiger partial charge on any atom is 0.178 e. The monoisotopic (exact) mass is 178 g/mol. The standard InChI is InChI=1S/C10H10OS/c11-9(10(12)6-7-10)8-4-2-1-3-5-8/h1-5,12H,6-7H2. The van der Waals surface area contributed by atoms with E-state index in [1.54, 1.807) is 0 Å². The van der Waals surface area contributed by atoms with E-state index in [2.05, 4.69) is 12.6 Å². The van der Waals surface area contributed by atoms with Crippen molar-refractivity contribution >= 4 is 18.4 Å². The summed E-state index contributed by atoms with van der Waals surface area (Å²) in [7, 11) is 0. The van der Waals surface area contributed by atoms with Crippen LogP contribution in [0.5, 0.6) is 0 Å². The van der Waals surface area contributed by atoms with E-state index < -0.39 is 0 Å². The number of hydrogen-bond acceptors (Lipinski definition) is 2. The molecule has 0 atom stereocenters. The quantitative estimate of drug-likeness (QED) is 0.543. The molecule has 0 radical (unpaired) electrons. The van der Waals surface area contributed by atoms with Crippen molar-refractivity contribution in [1.82, 2.24) is 0 Å². The molecule has 1 nitrogen and oxygen atoms in total. The highest BCUT2D eigenvalue weighted by molar-refractivity contribution is 7.83. The number of carbonyl (C=O) groups is 1. The fraction of sp³-hybridized carbons (Fsp3) is 0.300. The van der Waals surface area contributed by atoms with E-state index in [1.807, 2.05) is 30.3 Å². The van der Waals surface area contributed by atoms with E-state index in [9.17, 15) is 4.79 Å². The van der Waals surface area contributed by atoms with Gasteiger partial charge in [0.2, 0.25) is 0 Å². The van der Waals surface area contributed by atoms with Crippen LogP contribution in [0.2, 0.25) is 0 Å². The molecule has 2 rings (SSSR count). The van der Waals surface area contributed by atoms with E-state index in [4.69, 9.17) is 0 Å². The fourth-order valence-electron chi connectivity index (χ4n) is 1.20. The first-order valence-electron chi connectivity index (χ1n) is 4.05. The van der Waals surface area contributed by atoms with Gasteiger partial charge in [-0.3, -0.25) is 4.79 Å². The smallest absolute Gasteiger partial charge is 0.178 e. The summed E-state index contributed by atoms with van der Waals surface area (Å²) in [6.45, 7) is 0. The van der Waals surface area contributed by atoms with Crippen LogP contribution >= 0.6 is 12.6 Å². The van der Waals surface area contributed by atoms with Gasteiger partial charge < -0.3 is 0 Å². The third-order valence-electron chi connectivity index (χ3n) is 2.18. The number of rotatable bonds is 2. The maximum absolute atomic E-state index is 11.7. The molecule has 1 fully saturated rings. The van der Waals surface area contributed by atoms with Crippen molar-refractivity contribution in [1.29, 1.82) is 0 Å². The molecular weight excluding hydrogens is 168 g/mol. The number of Topliss-reactive ketones (excluding diaryl/α,β-unsaturated/α-hetero) is 1. The molecule has 2 heteroatoms. The molecule has 0 aromatic heterocycles. The first-order chi connectivity index (χ1) is 5.72. The zero-order valence-electron chi connectivity index (χ0n) is 6.66. The van der Waals surface area contributed by atoms with Crippen molar-refractivity contribution in [2.24, 2.45) is 0 Å². The molecule has 0 N–H and O–H groups in total. The molecule has 1 aromatic carbocycles. The summed E-state index contributed by atoms with van der Waals surface area (Å²) in [5.41, 5.74) is 0.782. The van der Waals surface area contributed by atoms with Gasteiger partial charge in [0.1, 0.15) is 0 Å². The number of hydrogen-bond donors (Lipinski definition) is 1. The minimum atomic E-state index is -0.332. The second-order valence-electron chi connectivity index (χ2n) is 3.23. The summed E-state index contributed by atoms with van der Waals surface area (Å²) in [4.78, 5) is 11.7. The van der Waals surface area contributed by atoms with Gasteiger partial charge in [0.05, 0.1) is 4.75 Å². The van der Waals surface area contributed by atoms with E-state index in [0.29, 0.717) is 0 Å². The third kappa shape index (κ3) is 1.27. The Morgan fingerprint density at radius 3 is 2.33 bits per heavy atom. The Hall–Kier alpha value is -0.760. The van der Waals surface area contributed by atoms with Crippen LogP contribution in [0.3, 0.4) is 0 Å². The number of benzene rings is 1. The molecule has 0 aliphatic heterocycles. The molecule has 0 bridgehead atoms. The zero-order chi connectivity index (χ0) is 8.60. The van der Waals surface area contributed by atoms with Gasteiger partial charge >= 0.3 is 0 Å². The predicted molar refractivity (Wildman–Crippen MR) is 51.7 cm³/mol.